The molecule has 0 saturated carbocycles. The number of para-hydroxylation sites is 1. The van der Waals surface area contributed by atoms with Gasteiger partial charge in [0.2, 0.25) is 5.91 Å². The van der Waals surface area contributed by atoms with Crippen LogP contribution in [0.2, 0.25) is 0 Å². The predicted molar refractivity (Wildman–Crippen MR) is 94.9 cm³/mol. The first kappa shape index (κ1) is 16.9. The van der Waals surface area contributed by atoms with E-state index in [2.05, 4.69) is 29.0 Å². The number of hydrogen-bond donors (Lipinski definition) is 1. The van der Waals surface area contributed by atoms with Crippen LogP contribution < -0.4 is 5.32 Å². The van der Waals surface area contributed by atoms with Gasteiger partial charge in [-0.05, 0) is 31.5 Å². The second kappa shape index (κ2) is 7.73. The number of carbonyl (C=O) groups is 1. The molecule has 1 amide bonds. The summed E-state index contributed by atoms with van der Waals surface area (Å²) in [5, 5.41) is 4.12. The minimum Gasteiger partial charge on any atom is -0.379 e. The van der Waals surface area contributed by atoms with Crippen LogP contribution in [0.4, 0.5) is 0 Å². The van der Waals surface area contributed by atoms with E-state index in [4.69, 9.17) is 4.74 Å². The Labute approximate surface area is 143 Å². The molecule has 2 aromatic rings. The topological polar surface area (TPSA) is 54.5 Å². The molecule has 24 heavy (non-hydrogen) atoms. The Balaban J connectivity index is 1.53. The maximum absolute atomic E-state index is 12.2. The molecule has 1 aromatic carbocycles. The van der Waals surface area contributed by atoms with E-state index in [0.29, 0.717) is 25.0 Å². The summed E-state index contributed by atoms with van der Waals surface area (Å²) >= 11 is 0. The summed E-state index contributed by atoms with van der Waals surface area (Å²) in [6.07, 6.45) is 2.15. The maximum Gasteiger partial charge on any atom is 0.224 e. The van der Waals surface area contributed by atoms with Gasteiger partial charge in [-0.2, -0.15) is 0 Å². The number of aromatic nitrogens is 1. The maximum atomic E-state index is 12.2. The van der Waals surface area contributed by atoms with Gasteiger partial charge in [-0.25, -0.2) is 0 Å². The highest BCUT2D eigenvalue weighted by atomic mass is 16.5. The van der Waals surface area contributed by atoms with Crippen molar-refractivity contribution in [2.75, 3.05) is 26.3 Å². The van der Waals surface area contributed by atoms with Gasteiger partial charge in [0.05, 0.1) is 25.2 Å². The molecule has 1 fully saturated rings. The smallest absolute Gasteiger partial charge is 0.224 e. The van der Waals surface area contributed by atoms with Crippen LogP contribution in [-0.4, -0.2) is 54.2 Å². The van der Waals surface area contributed by atoms with Crippen LogP contribution in [0.1, 0.15) is 19.4 Å². The van der Waals surface area contributed by atoms with E-state index in [0.717, 1.165) is 36.2 Å². The van der Waals surface area contributed by atoms with Crippen LogP contribution in [0.15, 0.2) is 36.5 Å². The number of pyridine rings is 1. The molecule has 1 N–H and O–H groups in total. The van der Waals surface area contributed by atoms with E-state index in [1.54, 1.807) is 6.20 Å². The Morgan fingerprint density at radius 2 is 2.29 bits per heavy atom. The normalized spacial score (nSPS) is 20.0. The lowest BCUT2D eigenvalue weighted by Gasteiger charge is -2.37. The molecule has 2 heterocycles. The predicted octanol–water partition coefficient (Wildman–Crippen LogP) is 2.00. The molecule has 1 aliphatic heterocycles. The second-order valence-electron chi connectivity index (χ2n) is 6.53. The van der Waals surface area contributed by atoms with Crippen molar-refractivity contribution in [3.8, 4) is 0 Å². The van der Waals surface area contributed by atoms with Gasteiger partial charge in [0.1, 0.15) is 0 Å². The highest BCUT2D eigenvalue weighted by Gasteiger charge is 2.23. The lowest BCUT2D eigenvalue weighted by atomic mass is 10.1. The number of nitrogens with zero attached hydrogens (tertiary/aromatic N) is 2. The van der Waals surface area contributed by atoms with Crippen LogP contribution >= 0.6 is 0 Å². The summed E-state index contributed by atoms with van der Waals surface area (Å²) in [7, 11) is 0. The fourth-order valence-electron chi connectivity index (χ4n) is 3.23. The van der Waals surface area contributed by atoms with Crippen LogP contribution in [0.3, 0.4) is 0 Å². The zero-order valence-corrected chi connectivity index (χ0v) is 14.4. The lowest BCUT2D eigenvalue weighted by molar-refractivity contribution is -0.120. The fraction of sp³-hybridized carbons (Fsp3) is 0.474. The largest absolute Gasteiger partial charge is 0.379 e. The Bertz CT molecular complexity index is 704. The number of morpholine rings is 1. The van der Waals surface area contributed by atoms with Gasteiger partial charge in [0, 0.05) is 36.8 Å². The van der Waals surface area contributed by atoms with Crippen molar-refractivity contribution in [1.82, 2.24) is 15.2 Å². The minimum atomic E-state index is 0.0415. The van der Waals surface area contributed by atoms with E-state index in [1.807, 2.05) is 30.3 Å². The van der Waals surface area contributed by atoms with Gasteiger partial charge in [-0.1, -0.05) is 18.2 Å². The van der Waals surface area contributed by atoms with Crippen molar-refractivity contribution >= 4 is 16.8 Å². The molecule has 5 nitrogen and oxygen atoms in total. The standard InChI is InChI=1S/C19H25N3O2/c1-14(22-7-8-24-13-15(22)2)11-21-19(23)10-16-9-17-5-3-4-6-18(17)20-12-16/h3-6,9,12,14-15H,7-8,10-11,13H2,1-2H3,(H,21,23)/t14-,15+/m0/s1. The highest BCUT2D eigenvalue weighted by molar-refractivity contribution is 5.82. The molecular weight excluding hydrogens is 302 g/mol. The Hall–Kier alpha value is -1.98. The summed E-state index contributed by atoms with van der Waals surface area (Å²) < 4.78 is 5.47. The molecule has 0 aliphatic carbocycles. The van der Waals surface area contributed by atoms with Crippen molar-refractivity contribution in [3.05, 3.63) is 42.1 Å². The van der Waals surface area contributed by atoms with Gasteiger partial charge in [0.15, 0.2) is 0 Å². The molecule has 3 rings (SSSR count). The Kier molecular flexibility index (Phi) is 5.43. The first-order chi connectivity index (χ1) is 11.6. The van der Waals surface area contributed by atoms with Gasteiger partial charge in [0.25, 0.3) is 0 Å². The SMILES string of the molecule is C[C@@H]1COCCN1[C@@H](C)CNC(=O)Cc1cnc2ccccc2c1. The van der Waals surface area contributed by atoms with Crippen LogP contribution in [-0.2, 0) is 16.0 Å². The number of amides is 1. The van der Waals surface area contributed by atoms with E-state index < -0.39 is 0 Å². The molecule has 5 heteroatoms. The van der Waals surface area contributed by atoms with Crippen molar-refractivity contribution < 1.29 is 9.53 Å². The lowest BCUT2D eigenvalue weighted by Crippen LogP contribution is -2.52. The third-order valence-electron chi connectivity index (χ3n) is 4.59. The van der Waals surface area contributed by atoms with Gasteiger partial charge >= 0.3 is 0 Å². The first-order valence-corrected chi connectivity index (χ1v) is 8.57. The average molecular weight is 327 g/mol. The van der Waals surface area contributed by atoms with Crippen LogP contribution in [0, 0.1) is 0 Å². The molecule has 1 saturated heterocycles. The molecule has 0 spiro atoms. The monoisotopic (exact) mass is 327 g/mol. The van der Waals surface area contributed by atoms with Gasteiger partial charge in [-0.3, -0.25) is 14.7 Å². The van der Waals surface area contributed by atoms with Crippen LogP contribution in [0.5, 0.6) is 0 Å². The number of rotatable bonds is 5. The average Bonchev–Trinajstić information content (AvgIpc) is 2.60. The van der Waals surface area contributed by atoms with E-state index in [-0.39, 0.29) is 5.91 Å². The molecule has 0 bridgehead atoms. The Morgan fingerprint density at radius 3 is 3.12 bits per heavy atom. The molecule has 1 aromatic heterocycles. The number of hydrogen-bond acceptors (Lipinski definition) is 4. The van der Waals surface area contributed by atoms with E-state index in [1.165, 1.54) is 0 Å². The quantitative estimate of drug-likeness (QED) is 0.913. The first-order valence-electron chi connectivity index (χ1n) is 8.57. The summed E-state index contributed by atoms with van der Waals surface area (Å²) in [6.45, 7) is 7.43. The molecule has 1 aliphatic rings. The third kappa shape index (κ3) is 4.10. The molecule has 0 unspecified atom stereocenters. The van der Waals surface area contributed by atoms with Crippen molar-refractivity contribution in [2.45, 2.75) is 32.4 Å². The number of benzene rings is 1. The zero-order chi connectivity index (χ0) is 16.9. The van der Waals surface area contributed by atoms with E-state index >= 15 is 0 Å². The summed E-state index contributed by atoms with van der Waals surface area (Å²) in [4.78, 5) is 19.0. The number of nitrogens with one attached hydrogen (secondary N) is 1. The van der Waals surface area contributed by atoms with Gasteiger partial charge < -0.3 is 10.1 Å². The highest BCUT2D eigenvalue weighted by Crippen LogP contribution is 2.13. The summed E-state index contributed by atoms with van der Waals surface area (Å²) in [6, 6.07) is 10.7. The van der Waals surface area contributed by atoms with E-state index in [9.17, 15) is 4.79 Å². The Morgan fingerprint density at radius 1 is 1.46 bits per heavy atom. The molecule has 2 atom stereocenters. The summed E-state index contributed by atoms with van der Waals surface area (Å²) in [5.41, 5.74) is 1.90. The molecular formula is C19H25N3O2. The van der Waals surface area contributed by atoms with Crippen molar-refractivity contribution in [1.29, 1.82) is 0 Å². The van der Waals surface area contributed by atoms with Gasteiger partial charge in [-0.15, -0.1) is 0 Å². The number of carbonyl (C=O) groups excluding carboxylic acids is 1. The fourth-order valence-corrected chi connectivity index (χ4v) is 3.23. The zero-order valence-electron chi connectivity index (χ0n) is 14.4. The molecule has 0 radical (unpaired) electrons. The second-order valence-corrected chi connectivity index (χ2v) is 6.53. The number of ether oxygens (including phenoxy) is 1. The summed E-state index contributed by atoms with van der Waals surface area (Å²) in [5.74, 6) is 0.0415. The minimum absolute atomic E-state index is 0.0415. The molecule has 128 valence electrons. The number of fused-ring (bicyclic) bond motifs is 1. The van der Waals surface area contributed by atoms with Crippen LogP contribution in [0.25, 0.3) is 10.9 Å². The van der Waals surface area contributed by atoms with Crippen molar-refractivity contribution in [3.63, 3.8) is 0 Å². The third-order valence-corrected chi connectivity index (χ3v) is 4.59. The van der Waals surface area contributed by atoms with Crippen molar-refractivity contribution in [2.24, 2.45) is 0 Å².